The van der Waals surface area contributed by atoms with E-state index in [1.54, 1.807) is 17.9 Å². The molecule has 1 aromatic carbocycles. The average Bonchev–Trinajstić information content (AvgIpc) is 3.11. The summed E-state index contributed by atoms with van der Waals surface area (Å²) in [5, 5.41) is 16.6. The molecular formula is C18H22N4O3. The van der Waals surface area contributed by atoms with Crippen LogP contribution in [0, 0.1) is 19.3 Å². The number of carboxylic acid groups (broad SMARTS) is 1. The van der Waals surface area contributed by atoms with Crippen LogP contribution in [0.5, 0.6) is 0 Å². The molecule has 0 saturated carbocycles. The number of hydrogen-bond acceptors (Lipinski definition) is 3. The monoisotopic (exact) mass is 342 g/mol. The summed E-state index contributed by atoms with van der Waals surface area (Å²) in [6.07, 6.45) is 0.460. The first kappa shape index (κ1) is 17.0. The van der Waals surface area contributed by atoms with E-state index < -0.39 is 11.4 Å². The molecule has 1 fully saturated rings. The molecule has 1 aliphatic rings. The molecule has 132 valence electrons. The lowest BCUT2D eigenvalue weighted by molar-refractivity contribution is -0.146. The number of carbonyl (C=O) groups excluding carboxylic acids is 1. The second-order valence-corrected chi connectivity index (χ2v) is 6.86. The Labute approximate surface area is 146 Å². The minimum absolute atomic E-state index is 0.214. The maximum atomic E-state index is 12.4. The zero-order valence-corrected chi connectivity index (χ0v) is 14.6. The van der Waals surface area contributed by atoms with E-state index in [0.717, 1.165) is 17.1 Å². The molecule has 25 heavy (non-hydrogen) atoms. The largest absolute Gasteiger partial charge is 0.481 e. The van der Waals surface area contributed by atoms with Gasteiger partial charge < -0.3 is 15.3 Å². The van der Waals surface area contributed by atoms with Gasteiger partial charge in [0.1, 0.15) is 0 Å². The number of nitrogens with one attached hydrogen (secondary N) is 1. The van der Waals surface area contributed by atoms with E-state index in [2.05, 4.69) is 10.4 Å². The molecule has 2 heterocycles. The fourth-order valence-corrected chi connectivity index (χ4v) is 3.12. The number of aromatic nitrogens is 2. The van der Waals surface area contributed by atoms with Crippen LogP contribution in [0.3, 0.4) is 0 Å². The van der Waals surface area contributed by atoms with Crippen LogP contribution in [0.1, 0.15) is 24.7 Å². The molecule has 2 amide bonds. The normalized spacial score (nSPS) is 19.9. The van der Waals surface area contributed by atoms with Gasteiger partial charge in [-0.15, -0.1) is 0 Å². The van der Waals surface area contributed by atoms with Crippen molar-refractivity contribution in [1.29, 1.82) is 0 Å². The fourth-order valence-electron chi connectivity index (χ4n) is 3.12. The van der Waals surface area contributed by atoms with Crippen molar-refractivity contribution in [3.05, 3.63) is 41.7 Å². The van der Waals surface area contributed by atoms with Gasteiger partial charge in [0, 0.05) is 24.5 Å². The molecule has 7 heteroatoms. The number of nitrogens with zero attached hydrogens (tertiary/aromatic N) is 3. The van der Waals surface area contributed by atoms with E-state index in [0.29, 0.717) is 18.7 Å². The van der Waals surface area contributed by atoms with Crippen molar-refractivity contribution in [2.75, 3.05) is 18.4 Å². The fraction of sp³-hybridized carbons (Fsp3) is 0.389. The molecule has 0 spiro atoms. The Morgan fingerprint density at radius 2 is 2.04 bits per heavy atom. The van der Waals surface area contributed by atoms with E-state index in [-0.39, 0.29) is 12.6 Å². The number of aryl methyl sites for hydroxylation is 2. The summed E-state index contributed by atoms with van der Waals surface area (Å²) in [6, 6.07) is 9.14. The highest BCUT2D eigenvalue weighted by Crippen LogP contribution is 2.30. The van der Waals surface area contributed by atoms with E-state index >= 15 is 0 Å². The Balaban J connectivity index is 1.74. The maximum Gasteiger partial charge on any atom is 0.321 e. The van der Waals surface area contributed by atoms with Crippen molar-refractivity contribution < 1.29 is 14.7 Å². The van der Waals surface area contributed by atoms with E-state index in [1.165, 1.54) is 0 Å². The SMILES string of the molecule is Cc1cc(C)n(-c2cccc(NC(=O)N3CCC(C)(C(=O)O)C3)c2)n1. The molecule has 0 aliphatic carbocycles. The van der Waals surface area contributed by atoms with Gasteiger partial charge in [-0.25, -0.2) is 9.48 Å². The topological polar surface area (TPSA) is 87.5 Å². The first-order chi connectivity index (χ1) is 11.8. The first-order valence-electron chi connectivity index (χ1n) is 8.21. The van der Waals surface area contributed by atoms with Crippen LogP contribution < -0.4 is 5.32 Å². The predicted octanol–water partition coefficient (Wildman–Crippen LogP) is 2.82. The number of aliphatic carboxylic acids is 1. The Morgan fingerprint density at radius 1 is 1.28 bits per heavy atom. The van der Waals surface area contributed by atoms with Crippen molar-refractivity contribution >= 4 is 17.7 Å². The number of rotatable bonds is 3. The molecule has 1 aromatic heterocycles. The zero-order valence-electron chi connectivity index (χ0n) is 14.6. The van der Waals surface area contributed by atoms with Crippen molar-refractivity contribution in [1.82, 2.24) is 14.7 Å². The first-order valence-corrected chi connectivity index (χ1v) is 8.21. The summed E-state index contributed by atoms with van der Waals surface area (Å²) in [6.45, 7) is 6.23. The van der Waals surface area contributed by atoms with Gasteiger partial charge in [0.05, 0.1) is 16.8 Å². The second-order valence-electron chi connectivity index (χ2n) is 6.86. The Bertz CT molecular complexity index is 829. The number of anilines is 1. The summed E-state index contributed by atoms with van der Waals surface area (Å²) in [5.74, 6) is -0.866. The average molecular weight is 342 g/mol. The highest BCUT2D eigenvalue weighted by molar-refractivity contribution is 5.90. The van der Waals surface area contributed by atoms with E-state index in [4.69, 9.17) is 0 Å². The highest BCUT2D eigenvalue weighted by Gasteiger charge is 2.42. The van der Waals surface area contributed by atoms with Gasteiger partial charge in [0.15, 0.2) is 0 Å². The van der Waals surface area contributed by atoms with Crippen LogP contribution in [0.15, 0.2) is 30.3 Å². The van der Waals surface area contributed by atoms with Crippen LogP contribution in [-0.4, -0.2) is 44.9 Å². The number of likely N-dealkylation sites (tertiary alicyclic amines) is 1. The zero-order chi connectivity index (χ0) is 18.2. The standard InChI is InChI=1S/C18H22N4O3/c1-12-9-13(2)22(20-12)15-6-4-5-14(10-15)19-17(25)21-8-7-18(3,11-21)16(23)24/h4-6,9-10H,7-8,11H2,1-3H3,(H,19,25)(H,23,24). The number of carboxylic acids is 1. The summed E-state index contributed by atoms with van der Waals surface area (Å²) in [5.41, 5.74) is 2.58. The quantitative estimate of drug-likeness (QED) is 0.898. The molecule has 2 N–H and O–H groups in total. The lowest BCUT2D eigenvalue weighted by Gasteiger charge is -2.20. The van der Waals surface area contributed by atoms with Crippen molar-refractivity contribution in [2.24, 2.45) is 5.41 Å². The van der Waals surface area contributed by atoms with E-state index in [1.807, 2.05) is 42.8 Å². The van der Waals surface area contributed by atoms with Crippen LogP contribution in [0.4, 0.5) is 10.5 Å². The second kappa shape index (κ2) is 6.23. The number of carbonyl (C=O) groups is 2. The molecule has 1 unspecified atom stereocenters. The molecule has 1 saturated heterocycles. The Hall–Kier alpha value is -2.83. The molecule has 7 nitrogen and oxygen atoms in total. The van der Waals surface area contributed by atoms with Gasteiger partial charge in [-0.05, 0) is 51.5 Å². The molecule has 1 atom stereocenters. The van der Waals surface area contributed by atoms with Crippen LogP contribution in [0.2, 0.25) is 0 Å². The molecule has 0 bridgehead atoms. The van der Waals surface area contributed by atoms with Crippen molar-refractivity contribution in [3.8, 4) is 5.69 Å². The molecular weight excluding hydrogens is 320 g/mol. The van der Waals surface area contributed by atoms with Gasteiger partial charge in [0.2, 0.25) is 0 Å². The number of hydrogen-bond donors (Lipinski definition) is 2. The third-order valence-corrected chi connectivity index (χ3v) is 4.63. The summed E-state index contributed by atoms with van der Waals surface area (Å²) in [7, 11) is 0. The van der Waals surface area contributed by atoms with Crippen LogP contribution in [0.25, 0.3) is 5.69 Å². The molecule has 0 radical (unpaired) electrons. The third-order valence-electron chi connectivity index (χ3n) is 4.63. The molecule has 3 rings (SSSR count). The highest BCUT2D eigenvalue weighted by atomic mass is 16.4. The molecule has 1 aliphatic heterocycles. The van der Waals surface area contributed by atoms with Gasteiger partial charge >= 0.3 is 12.0 Å². The number of urea groups is 1. The summed E-state index contributed by atoms with van der Waals surface area (Å²) in [4.78, 5) is 25.3. The smallest absolute Gasteiger partial charge is 0.321 e. The molecule has 2 aromatic rings. The van der Waals surface area contributed by atoms with Crippen LogP contribution >= 0.6 is 0 Å². The van der Waals surface area contributed by atoms with E-state index in [9.17, 15) is 14.7 Å². The Kier molecular flexibility index (Phi) is 4.24. The predicted molar refractivity (Wildman–Crippen MR) is 94.0 cm³/mol. The minimum atomic E-state index is -0.872. The lowest BCUT2D eigenvalue weighted by atomic mass is 9.90. The third kappa shape index (κ3) is 3.35. The van der Waals surface area contributed by atoms with Gasteiger partial charge in [-0.3, -0.25) is 4.79 Å². The van der Waals surface area contributed by atoms with Gasteiger partial charge in [-0.1, -0.05) is 6.07 Å². The number of amides is 2. The van der Waals surface area contributed by atoms with Crippen molar-refractivity contribution in [3.63, 3.8) is 0 Å². The summed E-state index contributed by atoms with van der Waals surface area (Å²) < 4.78 is 1.82. The maximum absolute atomic E-state index is 12.4. The van der Waals surface area contributed by atoms with Gasteiger partial charge in [0.25, 0.3) is 0 Å². The van der Waals surface area contributed by atoms with Crippen molar-refractivity contribution in [2.45, 2.75) is 27.2 Å². The van der Waals surface area contributed by atoms with Crippen LogP contribution in [-0.2, 0) is 4.79 Å². The lowest BCUT2D eigenvalue weighted by Crippen LogP contribution is -2.37. The minimum Gasteiger partial charge on any atom is -0.481 e. The van der Waals surface area contributed by atoms with Gasteiger partial charge in [-0.2, -0.15) is 5.10 Å². The Morgan fingerprint density at radius 3 is 2.64 bits per heavy atom. The number of benzene rings is 1. The summed E-state index contributed by atoms with van der Waals surface area (Å²) >= 11 is 0.